The van der Waals surface area contributed by atoms with Crippen molar-refractivity contribution in [3.05, 3.63) is 59.3 Å². The second-order valence-electron chi connectivity index (χ2n) is 25.5. The van der Waals surface area contributed by atoms with Gasteiger partial charge in [-0.3, -0.25) is 4.79 Å². The number of pyridine rings is 1. The van der Waals surface area contributed by atoms with Gasteiger partial charge in [0.1, 0.15) is 12.0 Å². The Kier molecular flexibility index (Phi) is 13.0. The van der Waals surface area contributed by atoms with Crippen molar-refractivity contribution in [1.29, 1.82) is 5.26 Å². The molecule has 11 heteroatoms. The second-order valence-corrected chi connectivity index (χ2v) is 32.5. The van der Waals surface area contributed by atoms with Gasteiger partial charge in [0.15, 0.2) is 9.84 Å². The molecule has 0 spiro atoms. The van der Waals surface area contributed by atoms with Crippen molar-refractivity contribution in [1.82, 2.24) is 15.2 Å². The molecule has 0 radical (unpaired) electrons. The van der Waals surface area contributed by atoms with Crippen LogP contribution in [0.25, 0.3) is 0 Å². The number of hydrogen-bond acceptors (Lipinski definition) is 9. The molecule has 0 aromatic carbocycles. The predicted octanol–water partition coefficient (Wildman–Crippen LogP) is 11.2. The minimum Gasteiger partial charge on any atom is -0.519 e. The van der Waals surface area contributed by atoms with Crippen molar-refractivity contribution in [3.8, 4) is 11.9 Å². The lowest BCUT2D eigenvalue weighted by Crippen LogP contribution is -2.68. The van der Waals surface area contributed by atoms with Gasteiger partial charge in [0.2, 0.25) is 5.88 Å². The first-order valence-corrected chi connectivity index (χ1v) is 30.5. The van der Waals surface area contributed by atoms with E-state index in [0.717, 1.165) is 25.9 Å². The number of rotatable bonds is 11. The lowest BCUT2D eigenvalue weighted by atomic mass is 9.33. The van der Waals surface area contributed by atoms with E-state index in [1.165, 1.54) is 68.1 Å². The summed E-state index contributed by atoms with van der Waals surface area (Å²) in [5, 5.41) is 13.6. The molecule has 1 aromatic rings. The molecule has 0 bridgehead atoms. The van der Waals surface area contributed by atoms with Gasteiger partial charge in [-0.2, -0.15) is 5.26 Å². The number of fused-ring (bicyclic) bond motifs is 7. The summed E-state index contributed by atoms with van der Waals surface area (Å²) < 4.78 is 37.1. The zero-order valence-corrected chi connectivity index (χ0v) is 44.5. The van der Waals surface area contributed by atoms with Crippen LogP contribution in [-0.4, -0.2) is 82.4 Å². The lowest BCUT2D eigenvalue weighted by molar-refractivity contribution is -0.221. The van der Waals surface area contributed by atoms with Gasteiger partial charge in [-0.05, 0) is 171 Å². The lowest BCUT2D eigenvalue weighted by Gasteiger charge is -2.72. The molecule has 0 amide bonds. The summed E-state index contributed by atoms with van der Waals surface area (Å²) >= 11 is 0. The number of hydrogen-bond donors (Lipinski definition) is 1. The van der Waals surface area contributed by atoms with Crippen LogP contribution in [0.4, 0.5) is 0 Å². The first-order chi connectivity index (χ1) is 30.8. The van der Waals surface area contributed by atoms with E-state index in [-0.39, 0.29) is 56.3 Å². The first kappa shape index (κ1) is 49.6. The molecular formula is C55H84N4O5SSi. The summed E-state index contributed by atoms with van der Waals surface area (Å²) in [5.41, 5.74) is 4.67. The Morgan fingerprint density at radius 2 is 1.70 bits per heavy atom. The third kappa shape index (κ3) is 8.33. The SMILES string of the molecule is C=C(C)[C@@H]1CC[C@]2(NCCN3CCS(=O)(=O)CC3)CC[C@]3(C)[C@H](CC[C@@H]4[C@@]5(C)CC=C(C6=CCC(COc7cc(C#N)ccn7)(C(=O)O[Si](C)(C)C(C)(C)C)CC6)C(C)(C)[C@@H]5CC[C@]43C)[C@@H]12. The Bertz CT molecular complexity index is 2280. The molecule has 8 rings (SSSR count). The number of nitrogens with zero attached hydrogens (tertiary/aromatic N) is 3. The molecule has 7 aliphatic rings. The first-order valence-electron chi connectivity index (χ1n) is 25.7. The summed E-state index contributed by atoms with van der Waals surface area (Å²) in [6.07, 6.45) is 19.7. The molecule has 6 aliphatic carbocycles. The number of aromatic nitrogens is 1. The maximum atomic E-state index is 14.5. The number of carbonyl (C=O) groups is 1. The zero-order valence-electron chi connectivity index (χ0n) is 42.7. The summed E-state index contributed by atoms with van der Waals surface area (Å²) in [5.74, 6) is 3.76. The molecule has 4 saturated carbocycles. The molecule has 1 saturated heterocycles. The Morgan fingerprint density at radius 3 is 2.35 bits per heavy atom. The van der Waals surface area contributed by atoms with Gasteiger partial charge in [-0.25, -0.2) is 13.4 Å². The van der Waals surface area contributed by atoms with E-state index in [4.69, 9.17) is 9.16 Å². The molecule has 1 aromatic heterocycles. The van der Waals surface area contributed by atoms with Gasteiger partial charge in [0.25, 0.3) is 8.32 Å². The number of nitriles is 1. The molecule has 1 unspecified atom stereocenters. The highest BCUT2D eigenvalue weighted by molar-refractivity contribution is 7.91. The summed E-state index contributed by atoms with van der Waals surface area (Å²) in [6.45, 7) is 34.2. The van der Waals surface area contributed by atoms with Gasteiger partial charge < -0.3 is 19.4 Å². The van der Waals surface area contributed by atoms with Crippen LogP contribution in [0.1, 0.15) is 145 Å². The van der Waals surface area contributed by atoms with E-state index in [1.54, 1.807) is 18.3 Å². The van der Waals surface area contributed by atoms with E-state index in [2.05, 4.69) is 115 Å². The molecule has 2 heterocycles. The number of carbonyl (C=O) groups excluding carboxylic acids is 1. The Labute approximate surface area is 400 Å². The summed E-state index contributed by atoms with van der Waals surface area (Å²) in [6, 6.07) is 5.49. The smallest absolute Gasteiger partial charge is 0.302 e. The minimum absolute atomic E-state index is 0.0155. The van der Waals surface area contributed by atoms with Gasteiger partial charge in [0.05, 0.1) is 23.1 Å². The largest absolute Gasteiger partial charge is 0.519 e. The molecule has 10 atom stereocenters. The van der Waals surface area contributed by atoms with Gasteiger partial charge >= 0.3 is 5.97 Å². The van der Waals surface area contributed by atoms with E-state index >= 15 is 0 Å². The topological polar surface area (TPSA) is 122 Å². The average molecular weight is 941 g/mol. The fourth-order valence-corrected chi connectivity index (χ4v) is 18.1. The standard InChI is InChI=1S/C55H84N4O5SSi/c1-38(2)41-17-25-55(58-29-30-59-31-33-65(61,62)34-32-59)27-26-52(9)43(47(41)55)13-14-45-51(8)21-18-42(50(6,7)44(51)19-22-53(45,52)10)40-15-23-54(24-16-40,48(60)64-66(11,12)49(3,4)5)37-63-46-35-39(36-56)20-28-57-46/h15,18,20,28,35,41,43-45,47,58H,1,13-14,16-17,19,21-27,29-34,37H2,2-12H3/t41-,43+,44-,45+,47+,51-,52+,53+,54?,55-/m0/s1. The van der Waals surface area contributed by atoms with Crippen LogP contribution in [-0.2, 0) is 19.1 Å². The van der Waals surface area contributed by atoms with E-state index in [1.807, 2.05) is 0 Å². The number of ether oxygens (including phenoxy) is 1. The molecular weight excluding hydrogens is 857 g/mol. The number of sulfone groups is 1. The van der Waals surface area contributed by atoms with Crippen molar-refractivity contribution >= 4 is 24.1 Å². The van der Waals surface area contributed by atoms with E-state index in [0.29, 0.717) is 67.0 Å². The van der Waals surface area contributed by atoms with Crippen molar-refractivity contribution in [2.45, 2.75) is 163 Å². The normalized spacial score (nSPS) is 38.5. The molecule has 5 fully saturated rings. The molecule has 1 aliphatic heterocycles. The van der Waals surface area contributed by atoms with Crippen molar-refractivity contribution in [3.63, 3.8) is 0 Å². The third-order valence-electron chi connectivity index (χ3n) is 20.9. The van der Waals surface area contributed by atoms with Crippen molar-refractivity contribution in [2.75, 3.05) is 44.3 Å². The minimum atomic E-state index is -2.88. The Hall–Kier alpha value is -2.78. The molecule has 9 nitrogen and oxygen atoms in total. The highest BCUT2D eigenvalue weighted by Gasteiger charge is 2.70. The van der Waals surface area contributed by atoms with Crippen LogP contribution in [0.15, 0.2) is 53.8 Å². The molecule has 364 valence electrons. The predicted molar refractivity (Wildman–Crippen MR) is 268 cm³/mol. The Morgan fingerprint density at radius 1 is 0.970 bits per heavy atom. The van der Waals surface area contributed by atoms with Crippen LogP contribution in [0.5, 0.6) is 5.88 Å². The fraction of sp³-hybridized carbons (Fsp3) is 0.764. The van der Waals surface area contributed by atoms with Crippen LogP contribution in [0.2, 0.25) is 18.1 Å². The third-order valence-corrected chi connectivity index (χ3v) is 26.8. The van der Waals surface area contributed by atoms with Gasteiger partial charge in [-0.1, -0.05) is 79.7 Å². The van der Waals surface area contributed by atoms with Crippen LogP contribution < -0.4 is 10.1 Å². The summed E-state index contributed by atoms with van der Waals surface area (Å²) in [7, 11) is -5.30. The molecule has 1 N–H and O–H groups in total. The summed E-state index contributed by atoms with van der Waals surface area (Å²) in [4.78, 5) is 21.2. The van der Waals surface area contributed by atoms with Crippen molar-refractivity contribution in [2.24, 2.45) is 56.7 Å². The fourth-order valence-electron chi connectivity index (χ4n) is 15.8. The van der Waals surface area contributed by atoms with Gasteiger partial charge in [-0.15, -0.1) is 0 Å². The highest BCUT2D eigenvalue weighted by atomic mass is 32.2. The monoisotopic (exact) mass is 941 g/mol. The second kappa shape index (κ2) is 17.3. The van der Waals surface area contributed by atoms with E-state index < -0.39 is 23.6 Å². The van der Waals surface area contributed by atoms with Crippen LogP contribution >= 0.6 is 0 Å². The zero-order chi connectivity index (χ0) is 47.9. The van der Waals surface area contributed by atoms with Crippen LogP contribution in [0, 0.1) is 68.0 Å². The Balaban J connectivity index is 1.02. The quantitative estimate of drug-likeness (QED) is 0.171. The highest BCUT2D eigenvalue weighted by Crippen LogP contribution is 2.76. The molecule has 66 heavy (non-hydrogen) atoms. The van der Waals surface area contributed by atoms with Gasteiger partial charge in [0, 0.05) is 44.0 Å². The van der Waals surface area contributed by atoms with E-state index in [9.17, 15) is 18.5 Å². The average Bonchev–Trinajstić information content (AvgIpc) is 3.63. The number of allylic oxidation sites excluding steroid dienone is 5. The van der Waals surface area contributed by atoms with Crippen molar-refractivity contribution < 1.29 is 22.4 Å². The number of nitrogens with one attached hydrogen (secondary N) is 1. The maximum absolute atomic E-state index is 14.5. The van der Waals surface area contributed by atoms with Crippen LogP contribution in [0.3, 0.4) is 0 Å². The maximum Gasteiger partial charge on any atom is 0.302 e.